The molecule has 0 heterocycles. The van der Waals surface area contributed by atoms with Crippen LogP contribution in [0.5, 0.6) is 0 Å². The minimum atomic E-state index is -3.84. The zero-order valence-corrected chi connectivity index (χ0v) is 10.5. The van der Waals surface area contributed by atoms with Crippen LogP contribution in [0.3, 0.4) is 0 Å². The maximum atomic E-state index is 11.6. The van der Waals surface area contributed by atoms with Gasteiger partial charge < -0.3 is 5.32 Å². The summed E-state index contributed by atoms with van der Waals surface area (Å²) < 4.78 is 25.0. The minimum absolute atomic E-state index is 0.0608. The van der Waals surface area contributed by atoms with Crippen molar-refractivity contribution in [2.45, 2.75) is 11.8 Å². The third-order valence-electron chi connectivity index (χ3n) is 1.90. The SMILES string of the molecule is C=CC(=O)Nc1ccc(S(=O)(=O)NC(C)=O)cc1. The number of benzene rings is 1. The summed E-state index contributed by atoms with van der Waals surface area (Å²) >= 11 is 0. The fourth-order valence-corrected chi connectivity index (χ4v) is 2.15. The van der Waals surface area contributed by atoms with Crippen molar-refractivity contribution in [3.8, 4) is 0 Å². The molecule has 0 aliphatic heterocycles. The summed E-state index contributed by atoms with van der Waals surface area (Å²) in [5.74, 6) is -1.06. The molecule has 18 heavy (non-hydrogen) atoms. The van der Waals surface area contributed by atoms with Gasteiger partial charge in [0.05, 0.1) is 4.90 Å². The molecule has 0 aliphatic carbocycles. The van der Waals surface area contributed by atoms with Crippen LogP contribution in [0.1, 0.15) is 6.92 Å². The molecule has 0 bridgehead atoms. The van der Waals surface area contributed by atoms with Crippen molar-refractivity contribution in [2.24, 2.45) is 0 Å². The van der Waals surface area contributed by atoms with Gasteiger partial charge >= 0.3 is 0 Å². The summed E-state index contributed by atoms with van der Waals surface area (Å²) in [6.07, 6.45) is 1.10. The first kappa shape index (κ1) is 13.9. The number of nitrogens with one attached hydrogen (secondary N) is 2. The van der Waals surface area contributed by atoms with E-state index >= 15 is 0 Å². The average molecular weight is 268 g/mol. The quantitative estimate of drug-likeness (QED) is 0.784. The topological polar surface area (TPSA) is 92.3 Å². The van der Waals surface area contributed by atoms with Gasteiger partial charge in [0.2, 0.25) is 11.8 Å². The number of amides is 2. The van der Waals surface area contributed by atoms with Gasteiger partial charge in [-0.2, -0.15) is 0 Å². The molecular weight excluding hydrogens is 256 g/mol. The van der Waals surface area contributed by atoms with Gasteiger partial charge in [0.1, 0.15) is 0 Å². The molecule has 0 spiro atoms. The third-order valence-corrected chi connectivity index (χ3v) is 3.34. The van der Waals surface area contributed by atoms with E-state index in [4.69, 9.17) is 0 Å². The molecule has 0 fully saturated rings. The number of anilines is 1. The molecule has 0 aromatic heterocycles. The number of rotatable bonds is 4. The Morgan fingerprint density at radius 3 is 2.22 bits per heavy atom. The lowest BCUT2D eigenvalue weighted by Gasteiger charge is -2.06. The van der Waals surface area contributed by atoms with Crippen molar-refractivity contribution in [2.75, 3.05) is 5.32 Å². The second kappa shape index (κ2) is 5.46. The van der Waals surface area contributed by atoms with Gasteiger partial charge in [0.25, 0.3) is 10.0 Å². The van der Waals surface area contributed by atoms with E-state index in [1.165, 1.54) is 24.3 Å². The molecule has 7 heteroatoms. The van der Waals surface area contributed by atoms with E-state index in [-0.39, 0.29) is 4.90 Å². The van der Waals surface area contributed by atoms with Gasteiger partial charge in [-0.15, -0.1) is 0 Å². The minimum Gasteiger partial charge on any atom is -0.323 e. The monoisotopic (exact) mass is 268 g/mol. The van der Waals surface area contributed by atoms with Crippen molar-refractivity contribution >= 4 is 27.5 Å². The molecule has 0 saturated heterocycles. The van der Waals surface area contributed by atoms with Crippen LogP contribution < -0.4 is 10.0 Å². The molecule has 1 aromatic carbocycles. The zero-order valence-electron chi connectivity index (χ0n) is 9.64. The van der Waals surface area contributed by atoms with Crippen LogP contribution >= 0.6 is 0 Å². The van der Waals surface area contributed by atoms with Gasteiger partial charge in [-0.1, -0.05) is 6.58 Å². The van der Waals surface area contributed by atoms with Gasteiger partial charge in [0.15, 0.2) is 0 Å². The number of carbonyl (C=O) groups is 2. The highest BCUT2D eigenvalue weighted by molar-refractivity contribution is 7.90. The fourth-order valence-electron chi connectivity index (χ4n) is 1.16. The van der Waals surface area contributed by atoms with E-state index in [2.05, 4.69) is 11.9 Å². The summed E-state index contributed by atoms with van der Waals surface area (Å²) in [6, 6.07) is 5.39. The van der Waals surface area contributed by atoms with Gasteiger partial charge in [0, 0.05) is 12.6 Å². The van der Waals surface area contributed by atoms with E-state index in [9.17, 15) is 18.0 Å². The molecule has 0 aliphatic rings. The first-order valence-corrected chi connectivity index (χ1v) is 6.40. The van der Waals surface area contributed by atoms with Gasteiger partial charge in [-0.3, -0.25) is 9.59 Å². The van der Waals surface area contributed by atoms with Crippen LogP contribution in [0, 0.1) is 0 Å². The van der Waals surface area contributed by atoms with E-state index in [0.717, 1.165) is 13.0 Å². The summed E-state index contributed by atoms with van der Waals surface area (Å²) in [4.78, 5) is 21.7. The van der Waals surface area contributed by atoms with Crippen LogP contribution in [-0.4, -0.2) is 20.2 Å². The lowest BCUT2D eigenvalue weighted by molar-refractivity contribution is -0.117. The third kappa shape index (κ3) is 3.70. The second-order valence-electron chi connectivity index (χ2n) is 3.38. The summed E-state index contributed by atoms with van der Waals surface area (Å²) in [5.41, 5.74) is 0.432. The Labute approximate surface area is 105 Å². The van der Waals surface area contributed by atoms with Crippen molar-refractivity contribution in [1.82, 2.24) is 4.72 Å². The molecule has 0 atom stereocenters. The predicted molar refractivity (Wildman–Crippen MR) is 66.3 cm³/mol. The standard InChI is InChI=1S/C11H12N2O4S/c1-3-11(15)12-9-4-6-10(7-5-9)18(16,17)13-8(2)14/h3-7H,1H2,2H3,(H,12,15)(H,13,14). The van der Waals surface area contributed by atoms with E-state index in [1.807, 2.05) is 4.72 Å². The lowest BCUT2D eigenvalue weighted by Crippen LogP contribution is -2.28. The summed E-state index contributed by atoms with van der Waals surface area (Å²) in [7, 11) is -3.84. The van der Waals surface area contributed by atoms with Gasteiger partial charge in [-0.25, -0.2) is 13.1 Å². The lowest BCUT2D eigenvalue weighted by atomic mass is 10.3. The summed E-state index contributed by atoms with van der Waals surface area (Å²) in [6.45, 7) is 4.40. The zero-order chi connectivity index (χ0) is 13.8. The maximum Gasteiger partial charge on any atom is 0.264 e. The molecule has 2 N–H and O–H groups in total. The van der Waals surface area contributed by atoms with Crippen molar-refractivity contribution in [1.29, 1.82) is 0 Å². The van der Waals surface area contributed by atoms with E-state index in [0.29, 0.717) is 5.69 Å². The Bertz CT molecular complexity index is 576. The van der Waals surface area contributed by atoms with Crippen LogP contribution in [0.25, 0.3) is 0 Å². The fraction of sp³-hybridized carbons (Fsp3) is 0.0909. The predicted octanol–water partition coefficient (Wildman–Crippen LogP) is 0.636. The molecule has 1 aromatic rings. The Hall–Kier alpha value is -2.15. The first-order valence-electron chi connectivity index (χ1n) is 4.92. The normalized spacial score (nSPS) is 10.5. The first-order chi connectivity index (χ1) is 8.35. The van der Waals surface area contributed by atoms with Gasteiger partial charge in [-0.05, 0) is 30.3 Å². The molecule has 1 rings (SSSR count). The molecule has 96 valence electrons. The highest BCUT2D eigenvalue weighted by atomic mass is 32.2. The largest absolute Gasteiger partial charge is 0.323 e. The number of carbonyl (C=O) groups excluding carboxylic acids is 2. The van der Waals surface area contributed by atoms with Crippen molar-refractivity contribution in [3.05, 3.63) is 36.9 Å². The number of hydrogen-bond donors (Lipinski definition) is 2. The molecule has 2 amide bonds. The molecule has 0 saturated carbocycles. The molecule has 6 nitrogen and oxygen atoms in total. The van der Waals surface area contributed by atoms with Crippen molar-refractivity contribution < 1.29 is 18.0 Å². The van der Waals surface area contributed by atoms with E-state index < -0.39 is 21.8 Å². The summed E-state index contributed by atoms with van der Waals surface area (Å²) in [5, 5.41) is 2.47. The number of sulfonamides is 1. The van der Waals surface area contributed by atoms with E-state index in [1.54, 1.807) is 0 Å². The highest BCUT2D eigenvalue weighted by Gasteiger charge is 2.14. The van der Waals surface area contributed by atoms with Crippen LogP contribution in [0.4, 0.5) is 5.69 Å². The Kier molecular flexibility index (Phi) is 4.22. The number of hydrogen-bond acceptors (Lipinski definition) is 4. The smallest absolute Gasteiger partial charge is 0.264 e. The van der Waals surface area contributed by atoms with Crippen LogP contribution in [0.15, 0.2) is 41.8 Å². The second-order valence-corrected chi connectivity index (χ2v) is 5.06. The van der Waals surface area contributed by atoms with Crippen LogP contribution in [-0.2, 0) is 19.6 Å². The molecule has 0 radical (unpaired) electrons. The molecular formula is C11H12N2O4S. The Morgan fingerprint density at radius 2 is 1.78 bits per heavy atom. The molecule has 0 unspecified atom stereocenters. The van der Waals surface area contributed by atoms with Crippen LogP contribution in [0.2, 0.25) is 0 Å². The Morgan fingerprint density at radius 1 is 1.22 bits per heavy atom. The maximum absolute atomic E-state index is 11.6. The Balaban J connectivity index is 2.92. The average Bonchev–Trinajstić information content (AvgIpc) is 2.28. The highest BCUT2D eigenvalue weighted by Crippen LogP contribution is 2.13. The van der Waals surface area contributed by atoms with Crippen molar-refractivity contribution in [3.63, 3.8) is 0 Å².